The summed E-state index contributed by atoms with van der Waals surface area (Å²) < 4.78 is 7.07. The van der Waals surface area contributed by atoms with Gasteiger partial charge < -0.3 is 10.1 Å². The van der Waals surface area contributed by atoms with Gasteiger partial charge in [-0.3, -0.25) is 10.2 Å². The number of carbonyl (C=O) groups excluding carboxylic acids is 1. The molecular formula is C27H35N5O2. The topological polar surface area (TPSA) is 71.4 Å². The van der Waals surface area contributed by atoms with Crippen LogP contribution in [0.15, 0.2) is 66.7 Å². The molecular weight excluding hydrogens is 426 g/mol. The highest BCUT2D eigenvalue weighted by molar-refractivity contribution is 5.89. The summed E-state index contributed by atoms with van der Waals surface area (Å²) in [5.74, 6) is 0.868. The number of hydrogen-bond donors (Lipinski definition) is 2. The van der Waals surface area contributed by atoms with Crippen molar-refractivity contribution in [1.29, 1.82) is 0 Å². The van der Waals surface area contributed by atoms with Gasteiger partial charge in [-0.25, -0.2) is 9.48 Å². The Morgan fingerprint density at radius 1 is 1.06 bits per heavy atom. The number of aromatic nitrogens is 2. The summed E-state index contributed by atoms with van der Waals surface area (Å²) in [6.07, 6.45) is 0. The second-order valence-electron chi connectivity index (χ2n) is 9.89. The van der Waals surface area contributed by atoms with Crippen LogP contribution in [0, 0.1) is 0 Å². The number of ether oxygens (including phenoxy) is 1. The van der Waals surface area contributed by atoms with Crippen molar-refractivity contribution in [2.24, 2.45) is 0 Å². The van der Waals surface area contributed by atoms with Gasteiger partial charge in [-0.2, -0.15) is 5.10 Å². The van der Waals surface area contributed by atoms with Crippen molar-refractivity contribution >= 4 is 11.8 Å². The Kier molecular flexibility index (Phi) is 7.34. The summed E-state index contributed by atoms with van der Waals surface area (Å²) in [5.41, 5.74) is 2.91. The van der Waals surface area contributed by atoms with Crippen molar-refractivity contribution in [2.45, 2.75) is 38.1 Å². The number of nitrogens with one attached hydrogen (secondary N) is 2. The average Bonchev–Trinajstić information content (AvgIpc) is 3.43. The number of anilines is 1. The predicted molar refractivity (Wildman–Crippen MR) is 136 cm³/mol. The van der Waals surface area contributed by atoms with Gasteiger partial charge in [0.25, 0.3) is 0 Å². The first-order chi connectivity index (χ1) is 16.3. The molecule has 3 aromatic rings. The lowest BCUT2D eigenvalue weighted by Gasteiger charge is -2.20. The van der Waals surface area contributed by atoms with E-state index in [-0.39, 0.29) is 23.4 Å². The van der Waals surface area contributed by atoms with E-state index in [9.17, 15) is 4.79 Å². The van der Waals surface area contributed by atoms with E-state index in [0.29, 0.717) is 12.4 Å². The molecule has 2 atom stereocenters. The molecule has 1 aliphatic heterocycles. The van der Waals surface area contributed by atoms with Crippen LogP contribution < -0.4 is 10.6 Å². The molecule has 0 bridgehead atoms. The zero-order valence-electron chi connectivity index (χ0n) is 20.5. The molecule has 2 N–H and O–H groups in total. The van der Waals surface area contributed by atoms with Crippen LogP contribution in [0.25, 0.3) is 5.69 Å². The molecule has 2 amide bonds. The summed E-state index contributed by atoms with van der Waals surface area (Å²) in [7, 11) is 1.72. The molecule has 1 unspecified atom stereocenters. The molecule has 1 aliphatic rings. The smallest absolute Gasteiger partial charge is 0.320 e. The third kappa shape index (κ3) is 5.66. The van der Waals surface area contributed by atoms with E-state index in [1.807, 2.05) is 42.5 Å². The largest absolute Gasteiger partial charge is 0.383 e. The highest BCUT2D eigenvalue weighted by atomic mass is 16.5. The van der Waals surface area contributed by atoms with E-state index >= 15 is 0 Å². The Balaban J connectivity index is 1.53. The van der Waals surface area contributed by atoms with Crippen molar-refractivity contribution in [3.63, 3.8) is 0 Å². The van der Waals surface area contributed by atoms with Gasteiger partial charge >= 0.3 is 6.03 Å². The van der Waals surface area contributed by atoms with Gasteiger partial charge in [0.2, 0.25) is 0 Å². The Hall–Kier alpha value is -3.16. The van der Waals surface area contributed by atoms with E-state index in [2.05, 4.69) is 60.6 Å². The predicted octanol–water partition coefficient (Wildman–Crippen LogP) is 4.41. The molecule has 2 aromatic carbocycles. The quantitative estimate of drug-likeness (QED) is 0.547. The zero-order chi connectivity index (χ0) is 24.1. The van der Waals surface area contributed by atoms with Crippen LogP contribution >= 0.6 is 0 Å². The number of benzene rings is 2. The van der Waals surface area contributed by atoms with Crippen LogP contribution in [0.4, 0.5) is 10.6 Å². The minimum atomic E-state index is -0.225. The first kappa shape index (κ1) is 24.0. The maximum Gasteiger partial charge on any atom is 0.320 e. The van der Waals surface area contributed by atoms with Crippen molar-refractivity contribution in [3.8, 4) is 5.69 Å². The highest BCUT2D eigenvalue weighted by Crippen LogP contribution is 2.29. The molecule has 4 rings (SSSR count). The van der Waals surface area contributed by atoms with Gasteiger partial charge in [-0.05, 0) is 17.7 Å². The van der Waals surface area contributed by atoms with Crippen molar-refractivity contribution in [2.75, 3.05) is 38.7 Å². The van der Waals surface area contributed by atoms with E-state index < -0.39 is 0 Å². The Labute approximate surface area is 202 Å². The lowest BCUT2D eigenvalue weighted by Crippen LogP contribution is -2.42. The molecule has 34 heavy (non-hydrogen) atoms. The third-order valence-corrected chi connectivity index (χ3v) is 6.27. The van der Waals surface area contributed by atoms with Crippen LogP contribution in [0.5, 0.6) is 0 Å². The van der Waals surface area contributed by atoms with Gasteiger partial charge in [0.15, 0.2) is 0 Å². The Morgan fingerprint density at radius 2 is 1.74 bits per heavy atom. The molecule has 2 heterocycles. The number of hydrogen-bond acceptors (Lipinski definition) is 4. The SMILES string of the molecule is COCCN1CC(c2ccccc2)[C@H](NC(=O)Nc2cc(C(C)(C)C)nn2-c2ccccc2)C1. The van der Waals surface area contributed by atoms with E-state index in [4.69, 9.17) is 9.84 Å². The molecule has 0 radical (unpaired) electrons. The van der Waals surface area contributed by atoms with Gasteiger partial charge in [-0.15, -0.1) is 0 Å². The van der Waals surface area contributed by atoms with E-state index in [0.717, 1.165) is 31.0 Å². The van der Waals surface area contributed by atoms with Crippen molar-refractivity contribution < 1.29 is 9.53 Å². The number of methoxy groups -OCH3 is 1. The number of rotatable bonds is 7. The molecule has 7 heteroatoms. The number of urea groups is 1. The summed E-state index contributed by atoms with van der Waals surface area (Å²) >= 11 is 0. The third-order valence-electron chi connectivity index (χ3n) is 6.27. The fourth-order valence-electron chi connectivity index (χ4n) is 4.40. The van der Waals surface area contributed by atoms with Crippen LogP contribution in [0.1, 0.15) is 37.9 Å². The van der Waals surface area contributed by atoms with E-state index in [1.54, 1.807) is 11.8 Å². The Morgan fingerprint density at radius 3 is 2.38 bits per heavy atom. The van der Waals surface area contributed by atoms with Crippen molar-refractivity contribution in [1.82, 2.24) is 20.0 Å². The maximum atomic E-state index is 13.2. The molecule has 1 saturated heterocycles. The summed E-state index contributed by atoms with van der Waals surface area (Å²) in [4.78, 5) is 15.5. The fourth-order valence-corrected chi connectivity index (χ4v) is 4.40. The van der Waals surface area contributed by atoms with E-state index in [1.165, 1.54) is 5.56 Å². The minimum absolute atomic E-state index is 0.00515. The van der Waals surface area contributed by atoms with Gasteiger partial charge in [0.1, 0.15) is 5.82 Å². The average molecular weight is 462 g/mol. The van der Waals surface area contributed by atoms with Gasteiger partial charge in [-0.1, -0.05) is 69.3 Å². The van der Waals surface area contributed by atoms with Crippen LogP contribution in [-0.2, 0) is 10.2 Å². The number of likely N-dealkylation sites (tertiary alicyclic amines) is 1. The molecule has 0 saturated carbocycles. The molecule has 0 spiro atoms. The number of nitrogens with zero attached hydrogens (tertiary/aromatic N) is 3. The van der Waals surface area contributed by atoms with Crippen LogP contribution in [0.2, 0.25) is 0 Å². The normalized spacial score (nSPS) is 18.7. The lowest BCUT2D eigenvalue weighted by atomic mass is 9.92. The first-order valence-corrected chi connectivity index (χ1v) is 11.8. The second kappa shape index (κ2) is 10.4. The van der Waals surface area contributed by atoms with Gasteiger partial charge in [0, 0.05) is 44.1 Å². The molecule has 180 valence electrons. The molecule has 7 nitrogen and oxygen atoms in total. The van der Waals surface area contributed by atoms with Gasteiger partial charge in [0.05, 0.1) is 24.0 Å². The highest BCUT2D eigenvalue weighted by Gasteiger charge is 2.34. The van der Waals surface area contributed by atoms with Crippen LogP contribution in [0.3, 0.4) is 0 Å². The summed E-state index contributed by atoms with van der Waals surface area (Å²) in [6.45, 7) is 9.53. The maximum absolute atomic E-state index is 13.2. The first-order valence-electron chi connectivity index (χ1n) is 11.8. The molecule has 1 aromatic heterocycles. The monoisotopic (exact) mass is 461 g/mol. The summed E-state index contributed by atoms with van der Waals surface area (Å²) in [6, 6.07) is 22.0. The standard InChI is InChI=1S/C27H35N5O2/c1-27(2,3)24-17-25(32(30-24)21-13-9-6-10-14-21)29-26(33)28-23-19-31(15-16-34-4)18-22(23)20-11-7-5-8-12-20/h5-14,17,22-23H,15-16,18-19H2,1-4H3,(H2,28,29,33)/t22?,23-/m1/s1. The van der Waals surface area contributed by atoms with Crippen LogP contribution in [-0.4, -0.2) is 60.1 Å². The number of carbonyl (C=O) groups is 1. The Bertz CT molecular complexity index is 1080. The molecule has 1 fully saturated rings. The number of amides is 2. The number of para-hydroxylation sites is 1. The van der Waals surface area contributed by atoms with Crippen molar-refractivity contribution in [3.05, 3.63) is 78.0 Å². The zero-order valence-corrected chi connectivity index (χ0v) is 20.5. The lowest BCUT2D eigenvalue weighted by molar-refractivity contribution is 0.159. The minimum Gasteiger partial charge on any atom is -0.383 e. The fraction of sp³-hybridized carbons (Fsp3) is 0.407. The summed E-state index contributed by atoms with van der Waals surface area (Å²) in [5, 5.41) is 11.1. The molecule has 0 aliphatic carbocycles. The second-order valence-corrected chi connectivity index (χ2v) is 9.89.